The fourth-order valence-electron chi connectivity index (χ4n) is 7.39. The zero-order valence-electron chi connectivity index (χ0n) is 25.6. The van der Waals surface area contributed by atoms with E-state index in [4.69, 9.17) is 4.74 Å². The van der Waals surface area contributed by atoms with Gasteiger partial charge in [0.25, 0.3) is 0 Å². The molecule has 2 aromatic rings. The number of carboxylic acid groups (broad SMARTS) is 1. The van der Waals surface area contributed by atoms with Gasteiger partial charge in [0.05, 0.1) is 25.4 Å². The van der Waals surface area contributed by atoms with E-state index in [-0.39, 0.29) is 42.2 Å². The molecule has 0 bridgehead atoms. The Bertz CT molecular complexity index is 1330. The van der Waals surface area contributed by atoms with Crippen LogP contribution in [-0.2, 0) is 20.9 Å². The Labute approximate surface area is 254 Å². The maximum atomic E-state index is 14.4. The molecule has 3 heterocycles. The van der Waals surface area contributed by atoms with E-state index < -0.39 is 11.9 Å². The summed E-state index contributed by atoms with van der Waals surface area (Å²) in [6, 6.07) is 4.57. The molecule has 1 aromatic carbocycles. The first-order chi connectivity index (χ1) is 20.8. The van der Waals surface area contributed by atoms with E-state index >= 15 is 0 Å². The fourth-order valence-corrected chi connectivity index (χ4v) is 7.39. The number of ether oxygens (including phenoxy) is 1. The molecule has 232 valence electrons. The van der Waals surface area contributed by atoms with Crippen molar-refractivity contribution < 1.29 is 23.8 Å². The second-order valence-electron chi connectivity index (χ2n) is 12.3. The van der Waals surface area contributed by atoms with Gasteiger partial charge in [-0.15, -0.1) is 0 Å². The standard InChI is InChI=1S/C34H45FN4O4/c1-4-6-26(7-5-2)39(27-9-10-29(35)23(3)18-27)32(40)21-38-20-28(24-8-11-31-25(19-24)13-17-43-31)33(34(41)42)30(38)12-15-37-16-14-36-22-37/h9-11,14,16,18-19,22,24,26,28,30,33H,4-8,12-13,15,17,20-21H2,1-3H3,(H,41,42)/t24?,28-,30+,33-/m1/s1. The lowest BCUT2D eigenvalue weighted by atomic mass is 9.76. The third kappa shape index (κ3) is 6.87. The van der Waals surface area contributed by atoms with Gasteiger partial charge in [-0.2, -0.15) is 0 Å². The Balaban J connectivity index is 1.45. The van der Waals surface area contributed by atoms with Crippen molar-refractivity contribution in [1.82, 2.24) is 14.5 Å². The molecule has 0 spiro atoms. The van der Waals surface area contributed by atoms with E-state index in [1.165, 1.54) is 11.6 Å². The number of halogens is 1. The monoisotopic (exact) mass is 592 g/mol. The van der Waals surface area contributed by atoms with Gasteiger partial charge in [-0.3, -0.25) is 14.5 Å². The molecule has 0 radical (unpaired) electrons. The Hall–Kier alpha value is -3.46. The first-order valence-electron chi connectivity index (χ1n) is 15.9. The first-order valence-corrected chi connectivity index (χ1v) is 15.9. The smallest absolute Gasteiger partial charge is 0.308 e. The minimum Gasteiger partial charge on any atom is -0.493 e. The minimum atomic E-state index is -0.813. The van der Waals surface area contributed by atoms with Crippen molar-refractivity contribution in [1.29, 1.82) is 0 Å². The van der Waals surface area contributed by atoms with Crippen molar-refractivity contribution in [3.05, 3.63) is 71.8 Å². The Morgan fingerprint density at radius 2 is 2.02 bits per heavy atom. The summed E-state index contributed by atoms with van der Waals surface area (Å²) in [5.74, 6) is -0.909. The summed E-state index contributed by atoms with van der Waals surface area (Å²) in [7, 11) is 0. The van der Waals surface area contributed by atoms with E-state index in [2.05, 4.69) is 35.9 Å². The molecule has 1 amide bonds. The third-order valence-corrected chi connectivity index (χ3v) is 9.44. The van der Waals surface area contributed by atoms with Crippen molar-refractivity contribution in [3.63, 3.8) is 0 Å². The molecular formula is C34H45FN4O4. The highest BCUT2D eigenvalue weighted by molar-refractivity contribution is 5.95. The Kier molecular flexibility index (Phi) is 10.0. The lowest BCUT2D eigenvalue weighted by Crippen LogP contribution is -2.48. The molecule has 8 nitrogen and oxygen atoms in total. The summed E-state index contributed by atoms with van der Waals surface area (Å²) < 4.78 is 22.0. The number of aryl methyl sites for hydroxylation is 2. The number of imidazole rings is 1. The van der Waals surface area contributed by atoms with Crippen LogP contribution >= 0.6 is 0 Å². The number of aromatic nitrogens is 2. The molecule has 1 aromatic heterocycles. The summed E-state index contributed by atoms with van der Waals surface area (Å²) in [5.41, 5.74) is 2.37. The highest BCUT2D eigenvalue weighted by Crippen LogP contribution is 2.43. The van der Waals surface area contributed by atoms with Crippen molar-refractivity contribution >= 4 is 17.6 Å². The van der Waals surface area contributed by atoms with Crippen LogP contribution in [0.15, 0.2) is 60.4 Å². The van der Waals surface area contributed by atoms with Gasteiger partial charge in [-0.25, -0.2) is 9.37 Å². The molecule has 9 heteroatoms. The number of rotatable bonds is 13. The number of hydrogen-bond acceptors (Lipinski definition) is 5. The molecule has 1 N–H and O–H groups in total. The van der Waals surface area contributed by atoms with Crippen molar-refractivity contribution in [2.75, 3.05) is 24.6 Å². The van der Waals surface area contributed by atoms with Gasteiger partial charge in [0.1, 0.15) is 11.6 Å². The van der Waals surface area contributed by atoms with Crippen LogP contribution in [0.25, 0.3) is 0 Å². The summed E-state index contributed by atoms with van der Waals surface area (Å²) in [4.78, 5) is 35.4. The van der Waals surface area contributed by atoms with Crippen LogP contribution in [0.2, 0.25) is 0 Å². The number of aliphatic carboxylic acids is 1. The normalized spacial score (nSPS) is 23.6. The predicted octanol–water partition coefficient (Wildman–Crippen LogP) is 5.97. The Morgan fingerprint density at radius 1 is 1.23 bits per heavy atom. The first kappa shape index (κ1) is 31.0. The number of carbonyl (C=O) groups excluding carboxylic acids is 1. The molecular weight excluding hydrogens is 547 g/mol. The largest absolute Gasteiger partial charge is 0.493 e. The Morgan fingerprint density at radius 3 is 2.70 bits per heavy atom. The number of benzene rings is 1. The van der Waals surface area contributed by atoms with E-state index in [9.17, 15) is 19.1 Å². The summed E-state index contributed by atoms with van der Waals surface area (Å²) >= 11 is 0. The number of carbonyl (C=O) groups is 2. The van der Waals surface area contributed by atoms with E-state index in [1.807, 2.05) is 15.7 Å². The molecule has 2 aliphatic heterocycles. The van der Waals surface area contributed by atoms with Crippen molar-refractivity contribution in [3.8, 4) is 0 Å². The zero-order valence-corrected chi connectivity index (χ0v) is 25.6. The molecule has 1 aliphatic carbocycles. The van der Waals surface area contributed by atoms with E-state index in [0.717, 1.165) is 44.3 Å². The average molecular weight is 593 g/mol. The van der Waals surface area contributed by atoms with Crippen LogP contribution in [0.3, 0.4) is 0 Å². The van der Waals surface area contributed by atoms with Gasteiger partial charge in [-0.05, 0) is 79.9 Å². The molecule has 1 unspecified atom stereocenters. The number of hydrogen-bond donors (Lipinski definition) is 1. The summed E-state index contributed by atoms with van der Waals surface area (Å²) in [5, 5.41) is 10.6. The molecule has 4 atom stereocenters. The topological polar surface area (TPSA) is 87.9 Å². The number of anilines is 1. The lowest BCUT2D eigenvalue weighted by molar-refractivity contribution is -0.144. The summed E-state index contributed by atoms with van der Waals surface area (Å²) in [6.45, 7) is 7.87. The van der Waals surface area contributed by atoms with Crippen LogP contribution in [0.1, 0.15) is 64.4 Å². The van der Waals surface area contributed by atoms with Gasteiger partial charge in [-0.1, -0.05) is 32.8 Å². The maximum Gasteiger partial charge on any atom is 0.308 e. The van der Waals surface area contributed by atoms with Crippen LogP contribution in [0.4, 0.5) is 10.1 Å². The van der Waals surface area contributed by atoms with Crippen LogP contribution in [-0.4, -0.2) is 63.2 Å². The highest BCUT2D eigenvalue weighted by atomic mass is 19.1. The number of carboxylic acids is 1. The van der Waals surface area contributed by atoms with Crippen molar-refractivity contribution in [2.45, 2.75) is 84.3 Å². The highest BCUT2D eigenvalue weighted by Gasteiger charge is 2.49. The van der Waals surface area contributed by atoms with Gasteiger partial charge in [0.2, 0.25) is 5.91 Å². The van der Waals surface area contributed by atoms with E-state index in [0.29, 0.717) is 37.4 Å². The number of likely N-dealkylation sites (tertiary alicyclic amines) is 1. The number of allylic oxidation sites excluding steroid dienone is 3. The maximum absolute atomic E-state index is 14.4. The van der Waals surface area contributed by atoms with Gasteiger partial charge in [0.15, 0.2) is 0 Å². The van der Waals surface area contributed by atoms with Crippen molar-refractivity contribution in [2.24, 2.45) is 17.8 Å². The second-order valence-corrected chi connectivity index (χ2v) is 12.3. The number of fused-ring (bicyclic) bond motifs is 1. The SMILES string of the molecule is CCCC(CCC)N(C(=O)CN1C[C@H](C2C=C3CCOC3=CC2)[C@@H](C(=O)O)[C@@H]1CCn1ccnc1)c1ccc(F)c(C)c1. The quantitative estimate of drug-likeness (QED) is 0.308. The lowest BCUT2D eigenvalue weighted by Gasteiger charge is -2.35. The van der Waals surface area contributed by atoms with Crippen LogP contribution in [0, 0.1) is 30.5 Å². The molecule has 3 aliphatic rings. The van der Waals surface area contributed by atoms with Gasteiger partial charge in [0, 0.05) is 49.7 Å². The molecule has 0 saturated carbocycles. The zero-order chi connectivity index (χ0) is 30.5. The minimum absolute atomic E-state index is 0.0144. The molecule has 2 saturated heterocycles. The second kappa shape index (κ2) is 13.9. The molecule has 2 fully saturated rings. The molecule has 5 rings (SSSR count). The fraction of sp³-hybridized carbons (Fsp3) is 0.559. The van der Waals surface area contributed by atoms with Gasteiger partial charge >= 0.3 is 5.97 Å². The van der Waals surface area contributed by atoms with Crippen LogP contribution in [0.5, 0.6) is 0 Å². The van der Waals surface area contributed by atoms with Gasteiger partial charge < -0.3 is 19.3 Å². The number of amides is 1. The predicted molar refractivity (Wildman–Crippen MR) is 164 cm³/mol. The van der Waals surface area contributed by atoms with E-state index in [1.54, 1.807) is 31.6 Å². The summed E-state index contributed by atoms with van der Waals surface area (Å²) in [6.07, 6.45) is 15.4. The average Bonchev–Trinajstić information content (AvgIpc) is 3.74. The third-order valence-electron chi connectivity index (χ3n) is 9.44. The van der Waals surface area contributed by atoms with Crippen LogP contribution < -0.4 is 4.90 Å². The number of nitrogens with zero attached hydrogens (tertiary/aromatic N) is 4. The molecule has 43 heavy (non-hydrogen) atoms.